The van der Waals surface area contributed by atoms with Crippen LogP contribution < -0.4 is 9.64 Å². The van der Waals surface area contributed by atoms with Crippen molar-refractivity contribution in [2.24, 2.45) is 17.3 Å². The maximum Gasteiger partial charge on any atom is 0.328 e. The van der Waals surface area contributed by atoms with Crippen LogP contribution in [0, 0.1) is 23.1 Å². The number of halogens is 1. The van der Waals surface area contributed by atoms with E-state index < -0.39 is 17.8 Å². The van der Waals surface area contributed by atoms with Gasteiger partial charge < -0.3 is 34.5 Å². The van der Waals surface area contributed by atoms with Gasteiger partial charge >= 0.3 is 11.9 Å². The summed E-state index contributed by atoms with van der Waals surface area (Å²) >= 11 is 0. The Balaban J connectivity index is 0.000000912. The SMILES string of the molecule is CCN(C(=O)c1cc(F)ccc1Oc1nncnc1N1CCC2(C1)CN([C@H](CCCN(C)C[C@@H](C)C(=O)N(C)C)C(C)C)C2)C(C)C.O=C(O)/C=C/C(=O)O. The van der Waals surface area contributed by atoms with E-state index in [2.05, 4.69) is 50.8 Å². The Bertz CT molecular complexity index is 1630. The first-order valence-corrected chi connectivity index (χ1v) is 18.9. The number of benzene rings is 1. The third-order valence-electron chi connectivity index (χ3n) is 10.1. The second kappa shape index (κ2) is 20.3. The second-order valence-corrected chi connectivity index (χ2v) is 15.5. The number of anilines is 1. The van der Waals surface area contributed by atoms with Gasteiger partial charge in [-0.2, -0.15) is 0 Å². The summed E-state index contributed by atoms with van der Waals surface area (Å²) in [7, 11) is 5.73. The highest BCUT2D eigenvalue weighted by molar-refractivity contribution is 5.97. The smallest absolute Gasteiger partial charge is 0.328 e. The summed E-state index contributed by atoms with van der Waals surface area (Å²) in [6.45, 7) is 18.3. The van der Waals surface area contributed by atoms with E-state index in [0.717, 1.165) is 58.5 Å². The monoisotopic (exact) mass is 770 g/mol. The van der Waals surface area contributed by atoms with Crippen LogP contribution in [0.15, 0.2) is 36.7 Å². The molecule has 1 aromatic carbocycles. The average Bonchev–Trinajstić information content (AvgIpc) is 3.55. The van der Waals surface area contributed by atoms with E-state index in [1.807, 2.05) is 41.8 Å². The molecule has 1 spiro atoms. The molecule has 16 heteroatoms. The van der Waals surface area contributed by atoms with Crippen LogP contribution in [0.2, 0.25) is 0 Å². The molecule has 1 aromatic heterocycles. The van der Waals surface area contributed by atoms with Gasteiger partial charge in [-0.15, -0.1) is 10.2 Å². The second-order valence-electron chi connectivity index (χ2n) is 15.5. The molecule has 2 aromatic rings. The quantitative estimate of drug-likeness (QED) is 0.218. The zero-order valence-electron chi connectivity index (χ0n) is 33.7. The van der Waals surface area contributed by atoms with E-state index in [1.165, 1.54) is 24.5 Å². The van der Waals surface area contributed by atoms with Crippen molar-refractivity contribution in [1.29, 1.82) is 0 Å². The summed E-state index contributed by atoms with van der Waals surface area (Å²) in [5, 5.41) is 23.8. The van der Waals surface area contributed by atoms with Crippen molar-refractivity contribution in [3.05, 3.63) is 48.1 Å². The summed E-state index contributed by atoms with van der Waals surface area (Å²) in [5.74, 6) is -1.60. The maximum atomic E-state index is 14.3. The van der Waals surface area contributed by atoms with E-state index in [1.54, 1.807) is 9.80 Å². The molecule has 2 saturated heterocycles. The highest BCUT2D eigenvalue weighted by Gasteiger charge is 2.50. The minimum absolute atomic E-state index is 0.0102. The number of ether oxygens (including phenoxy) is 1. The van der Waals surface area contributed by atoms with E-state index in [4.69, 9.17) is 14.9 Å². The summed E-state index contributed by atoms with van der Waals surface area (Å²) in [4.78, 5) is 59.7. The molecule has 0 radical (unpaired) electrons. The van der Waals surface area contributed by atoms with Crippen LogP contribution in [-0.2, 0) is 14.4 Å². The lowest BCUT2D eigenvalue weighted by Crippen LogP contribution is -2.62. The first-order valence-electron chi connectivity index (χ1n) is 18.9. The molecule has 2 N–H and O–H groups in total. The van der Waals surface area contributed by atoms with Crippen molar-refractivity contribution in [2.75, 3.05) is 71.9 Å². The zero-order valence-corrected chi connectivity index (χ0v) is 33.7. The van der Waals surface area contributed by atoms with Crippen LogP contribution in [-0.4, -0.2) is 148 Å². The van der Waals surface area contributed by atoms with Crippen molar-refractivity contribution in [2.45, 2.75) is 72.9 Å². The number of carbonyl (C=O) groups is 4. The molecular weight excluding hydrogens is 711 g/mol. The molecule has 0 bridgehead atoms. The number of hydrogen-bond acceptors (Lipinski definition) is 11. The topological polar surface area (TPSA) is 173 Å². The van der Waals surface area contributed by atoms with Crippen LogP contribution >= 0.6 is 0 Å². The van der Waals surface area contributed by atoms with E-state index in [9.17, 15) is 23.6 Å². The third-order valence-corrected chi connectivity index (χ3v) is 10.1. The number of rotatable bonds is 17. The standard InChI is InChI=1S/C35H55FN8O3.C4H4O4/c1-10-44(25(4)5)34(46)28-18-27(36)13-14-30(28)47-32-31(37-23-38-39-32)42-17-15-35(20-42)21-43(22-35)29(24(2)3)12-11-16-41(9)19-26(6)33(45)40(7)8;5-3(6)1-2-4(7)8/h13-14,18,23-26,29H,10-12,15-17,19-22H2,1-9H3;1-2H,(H,5,6)(H,7,8)/b;2-1+/t26-,29-;/m1./s1. The van der Waals surface area contributed by atoms with Gasteiger partial charge in [-0.1, -0.05) is 20.8 Å². The molecule has 0 unspecified atom stereocenters. The van der Waals surface area contributed by atoms with Gasteiger partial charge in [0.15, 0.2) is 5.82 Å². The highest BCUT2D eigenvalue weighted by atomic mass is 19.1. The molecule has 2 amide bonds. The van der Waals surface area contributed by atoms with Crippen LogP contribution in [0.5, 0.6) is 11.6 Å². The highest BCUT2D eigenvalue weighted by Crippen LogP contribution is 2.44. The summed E-state index contributed by atoms with van der Waals surface area (Å²) in [6, 6.07) is 4.43. The number of aromatic nitrogens is 3. The Labute approximate surface area is 324 Å². The lowest BCUT2D eigenvalue weighted by Gasteiger charge is -2.53. The van der Waals surface area contributed by atoms with Gasteiger partial charge in [-0.25, -0.2) is 19.0 Å². The van der Waals surface area contributed by atoms with Gasteiger partial charge in [0.25, 0.3) is 11.8 Å². The number of nitrogens with zero attached hydrogens (tertiary/aromatic N) is 8. The lowest BCUT2D eigenvalue weighted by atomic mass is 9.76. The molecule has 2 atom stereocenters. The largest absolute Gasteiger partial charge is 0.478 e. The fourth-order valence-electron chi connectivity index (χ4n) is 7.45. The summed E-state index contributed by atoms with van der Waals surface area (Å²) in [6.07, 6.45) is 5.78. The lowest BCUT2D eigenvalue weighted by molar-refractivity contribution is -0.134. The number of hydrogen-bond donors (Lipinski definition) is 2. The van der Waals surface area contributed by atoms with Crippen LogP contribution in [0.4, 0.5) is 10.2 Å². The van der Waals surface area contributed by atoms with Crippen molar-refractivity contribution < 1.29 is 38.5 Å². The summed E-state index contributed by atoms with van der Waals surface area (Å²) in [5.41, 5.74) is 0.316. The fraction of sp³-hybridized carbons (Fsp3) is 0.615. The number of carboxylic acid groups (broad SMARTS) is 2. The van der Waals surface area contributed by atoms with Gasteiger partial charge in [0, 0.05) is 88.9 Å². The molecule has 0 aliphatic carbocycles. The van der Waals surface area contributed by atoms with Crippen molar-refractivity contribution >= 4 is 29.6 Å². The number of carbonyl (C=O) groups excluding carboxylic acids is 2. The number of carboxylic acids is 2. The van der Waals surface area contributed by atoms with Crippen LogP contribution in [0.1, 0.15) is 71.2 Å². The van der Waals surface area contributed by atoms with Crippen molar-refractivity contribution in [3.8, 4) is 11.6 Å². The molecule has 3 heterocycles. The van der Waals surface area contributed by atoms with Gasteiger partial charge in [-0.05, 0) is 77.7 Å². The summed E-state index contributed by atoms with van der Waals surface area (Å²) < 4.78 is 20.5. The van der Waals surface area contributed by atoms with E-state index >= 15 is 0 Å². The fourth-order valence-corrected chi connectivity index (χ4v) is 7.45. The van der Waals surface area contributed by atoms with E-state index in [0.29, 0.717) is 36.5 Å². The van der Waals surface area contributed by atoms with Gasteiger partial charge in [-0.3, -0.25) is 14.5 Å². The van der Waals surface area contributed by atoms with Gasteiger partial charge in [0.1, 0.15) is 17.9 Å². The Hall–Kier alpha value is -4.70. The predicted molar refractivity (Wildman–Crippen MR) is 207 cm³/mol. The number of amides is 2. The normalized spacial score (nSPS) is 16.2. The molecule has 2 aliphatic heterocycles. The molecule has 55 heavy (non-hydrogen) atoms. The minimum atomic E-state index is -1.26. The molecule has 304 valence electrons. The van der Waals surface area contributed by atoms with Crippen molar-refractivity contribution in [1.82, 2.24) is 34.8 Å². The van der Waals surface area contributed by atoms with Crippen LogP contribution in [0.3, 0.4) is 0 Å². The molecular formula is C39H59FN8O7. The average molecular weight is 771 g/mol. The number of aliphatic carboxylic acids is 2. The Morgan fingerprint density at radius 3 is 2.24 bits per heavy atom. The maximum absolute atomic E-state index is 14.3. The molecule has 0 saturated carbocycles. The predicted octanol–water partition coefficient (Wildman–Crippen LogP) is 4.36. The first kappa shape index (κ1) is 44.7. The Morgan fingerprint density at radius 2 is 1.67 bits per heavy atom. The Kier molecular flexibility index (Phi) is 16.5. The Morgan fingerprint density at radius 1 is 1.02 bits per heavy atom. The van der Waals surface area contributed by atoms with Crippen LogP contribution in [0.25, 0.3) is 0 Å². The van der Waals surface area contributed by atoms with E-state index in [-0.39, 0.29) is 46.4 Å². The minimum Gasteiger partial charge on any atom is -0.478 e. The third kappa shape index (κ3) is 12.7. The van der Waals surface area contributed by atoms with Crippen molar-refractivity contribution in [3.63, 3.8) is 0 Å². The first-order chi connectivity index (χ1) is 25.9. The van der Waals surface area contributed by atoms with Gasteiger partial charge in [0.2, 0.25) is 5.91 Å². The molecule has 15 nitrogen and oxygen atoms in total. The molecule has 2 fully saturated rings. The van der Waals surface area contributed by atoms with Gasteiger partial charge in [0.05, 0.1) is 5.56 Å². The zero-order chi connectivity index (χ0) is 41.0. The molecule has 4 rings (SSSR count). The molecule has 2 aliphatic rings. The number of likely N-dealkylation sites (tertiary alicyclic amines) is 1.